The van der Waals surface area contributed by atoms with E-state index in [0.29, 0.717) is 40.7 Å². The summed E-state index contributed by atoms with van der Waals surface area (Å²) in [5, 5.41) is 12.8. The van der Waals surface area contributed by atoms with Crippen molar-refractivity contribution in [3.63, 3.8) is 0 Å². The van der Waals surface area contributed by atoms with Crippen LogP contribution in [0, 0.1) is 6.92 Å². The molecule has 0 unspecified atom stereocenters. The summed E-state index contributed by atoms with van der Waals surface area (Å²) >= 11 is 0. The van der Waals surface area contributed by atoms with E-state index in [2.05, 4.69) is 21.0 Å². The number of anilines is 4. The third kappa shape index (κ3) is 5.37. The lowest BCUT2D eigenvalue weighted by molar-refractivity contribution is 0.102. The summed E-state index contributed by atoms with van der Waals surface area (Å²) in [7, 11) is 0. The SMILES string of the molecule is Cc1nn(Cc2ccccc2)c(N)c1C(=O)Nc1cccc(NC(=O)Nc2ccccc2)c1. The van der Waals surface area contributed by atoms with Gasteiger partial charge in [-0.2, -0.15) is 5.10 Å². The van der Waals surface area contributed by atoms with Gasteiger partial charge >= 0.3 is 6.03 Å². The first-order valence-corrected chi connectivity index (χ1v) is 10.4. The number of nitrogens with two attached hydrogens (primary N) is 1. The fourth-order valence-electron chi connectivity index (χ4n) is 3.44. The van der Waals surface area contributed by atoms with Gasteiger partial charge in [-0.1, -0.05) is 54.6 Å². The van der Waals surface area contributed by atoms with Gasteiger partial charge < -0.3 is 21.7 Å². The third-order valence-corrected chi connectivity index (χ3v) is 4.98. The number of nitrogen functional groups attached to an aromatic ring is 1. The molecule has 0 radical (unpaired) electrons. The number of amides is 3. The number of carbonyl (C=O) groups excluding carboxylic acids is 2. The van der Waals surface area contributed by atoms with Crippen LogP contribution in [0.3, 0.4) is 0 Å². The Labute approximate surface area is 191 Å². The lowest BCUT2D eigenvalue weighted by atomic mass is 10.2. The van der Waals surface area contributed by atoms with E-state index in [-0.39, 0.29) is 11.9 Å². The van der Waals surface area contributed by atoms with Gasteiger partial charge in [-0.15, -0.1) is 0 Å². The molecule has 33 heavy (non-hydrogen) atoms. The highest BCUT2D eigenvalue weighted by atomic mass is 16.2. The van der Waals surface area contributed by atoms with Crippen molar-refractivity contribution >= 4 is 34.8 Å². The Bertz CT molecular complexity index is 1270. The molecule has 1 aromatic heterocycles. The van der Waals surface area contributed by atoms with Gasteiger partial charge in [-0.25, -0.2) is 9.48 Å². The smallest absolute Gasteiger partial charge is 0.323 e. The molecule has 8 heteroatoms. The second-order valence-corrected chi connectivity index (χ2v) is 7.47. The predicted molar refractivity (Wildman–Crippen MR) is 130 cm³/mol. The summed E-state index contributed by atoms with van der Waals surface area (Å²) < 4.78 is 1.62. The molecule has 0 aliphatic heterocycles. The zero-order valence-corrected chi connectivity index (χ0v) is 18.1. The maximum absolute atomic E-state index is 13.0. The number of aromatic nitrogens is 2. The van der Waals surface area contributed by atoms with Crippen LogP contribution in [0.4, 0.5) is 27.7 Å². The molecule has 8 nitrogen and oxygen atoms in total. The van der Waals surface area contributed by atoms with Gasteiger partial charge in [0.15, 0.2) is 0 Å². The van der Waals surface area contributed by atoms with E-state index in [1.54, 1.807) is 48.0 Å². The number of aryl methyl sites for hydroxylation is 1. The number of carbonyl (C=O) groups is 2. The lowest BCUT2D eigenvalue weighted by Gasteiger charge is -2.10. The highest BCUT2D eigenvalue weighted by Crippen LogP contribution is 2.21. The molecular formula is C25H24N6O2. The van der Waals surface area contributed by atoms with Crippen molar-refractivity contribution in [2.45, 2.75) is 13.5 Å². The van der Waals surface area contributed by atoms with Crippen molar-refractivity contribution in [1.82, 2.24) is 9.78 Å². The van der Waals surface area contributed by atoms with Crippen molar-refractivity contribution in [2.75, 3.05) is 21.7 Å². The van der Waals surface area contributed by atoms with E-state index in [4.69, 9.17) is 5.73 Å². The van der Waals surface area contributed by atoms with Gasteiger partial charge in [-0.05, 0) is 42.8 Å². The normalized spacial score (nSPS) is 10.5. The van der Waals surface area contributed by atoms with E-state index >= 15 is 0 Å². The first-order chi connectivity index (χ1) is 16.0. The van der Waals surface area contributed by atoms with Gasteiger partial charge in [0, 0.05) is 17.1 Å². The molecule has 0 saturated heterocycles. The summed E-state index contributed by atoms with van der Waals surface area (Å²) in [5.74, 6) is -0.0689. The fraction of sp³-hybridized carbons (Fsp3) is 0.0800. The van der Waals surface area contributed by atoms with Crippen molar-refractivity contribution < 1.29 is 9.59 Å². The summed E-state index contributed by atoms with van der Waals surface area (Å²) in [6, 6.07) is 25.4. The van der Waals surface area contributed by atoms with Gasteiger partial charge in [-0.3, -0.25) is 4.79 Å². The average Bonchev–Trinajstić information content (AvgIpc) is 3.08. The standard InChI is InChI=1S/C25H24N6O2/c1-17-22(23(26)31(30-17)16-18-9-4-2-5-10-18)24(32)27-20-13-8-14-21(15-20)29-25(33)28-19-11-6-3-7-12-19/h2-15H,16,26H2,1H3,(H,27,32)(H2,28,29,33). The number of benzene rings is 3. The first-order valence-electron chi connectivity index (χ1n) is 10.4. The van der Waals surface area contributed by atoms with E-state index in [1.165, 1.54) is 0 Å². The molecule has 0 aliphatic rings. The Morgan fingerprint density at radius 3 is 2.09 bits per heavy atom. The van der Waals surface area contributed by atoms with E-state index in [1.807, 2.05) is 48.5 Å². The molecule has 1 heterocycles. The molecule has 3 aromatic carbocycles. The van der Waals surface area contributed by atoms with Gasteiger partial charge in [0.25, 0.3) is 5.91 Å². The van der Waals surface area contributed by atoms with E-state index in [9.17, 15) is 9.59 Å². The zero-order valence-electron chi connectivity index (χ0n) is 18.1. The summed E-state index contributed by atoms with van der Waals surface area (Å²) in [4.78, 5) is 25.2. The summed E-state index contributed by atoms with van der Waals surface area (Å²) in [6.07, 6.45) is 0. The lowest BCUT2D eigenvalue weighted by Crippen LogP contribution is -2.19. The first kappa shape index (κ1) is 21.6. The average molecular weight is 441 g/mol. The van der Waals surface area contributed by atoms with Crippen LogP contribution in [0.2, 0.25) is 0 Å². The number of nitrogens with zero attached hydrogens (tertiary/aromatic N) is 2. The largest absolute Gasteiger partial charge is 0.383 e. The maximum Gasteiger partial charge on any atom is 0.323 e. The molecule has 0 aliphatic carbocycles. The van der Waals surface area contributed by atoms with E-state index in [0.717, 1.165) is 5.56 Å². The topological polar surface area (TPSA) is 114 Å². The van der Waals surface area contributed by atoms with Crippen molar-refractivity contribution in [2.24, 2.45) is 0 Å². The Kier molecular flexibility index (Phi) is 6.36. The number of hydrogen-bond acceptors (Lipinski definition) is 4. The molecule has 5 N–H and O–H groups in total. The van der Waals surface area contributed by atoms with Gasteiger partial charge in [0.1, 0.15) is 11.4 Å². The highest BCUT2D eigenvalue weighted by molar-refractivity contribution is 6.08. The van der Waals surface area contributed by atoms with Crippen LogP contribution in [0.25, 0.3) is 0 Å². The van der Waals surface area contributed by atoms with Gasteiger partial charge in [0.2, 0.25) is 0 Å². The molecule has 3 amide bonds. The van der Waals surface area contributed by atoms with Crippen LogP contribution in [0.1, 0.15) is 21.6 Å². The Balaban J connectivity index is 1.44. The highest BCUT2D eigenvalue weighted by Gasteiger charge is 2.20. The van der Waals surface area contributed by atoms with Gasteiger partial charge in [0.05, 0.1) is 12.2 Å². The van der Waals surface area contributed by atoms with Crippen molar-refractivity contribution in [1.29, 1.82) is 0 Å². The molecule has 0 atom stereocenters. The minimum atomic E-state index is -0.382. The maximum atomic E-state index is 13.0. The van der Waals surface area contributed by atoms with Crippen molar-refractivity contribution in [3.8, 4) is 0 Å². The number of hydrogen-bond donors (Lipinski definition) is 4. The monoisotopic (exact) mass is 440 g/mol. The quantitative estimate of drug-likeness (QED) is 0.347. The number of nitrogens with one attached hydrogen (secondary N) is 3. The molecule has 0 spiro atoms. The Hall–Kier alpha value is -4.59. The molecule has 4 rings (SSSR count). The summed E-state index contributed by atoms with van der Waals surface area (Å²) in [6.45, 7) is 2.22. The number of para-hydroxylation sites is 1. The van der Waals surface area contributed by atoms with Crippen molar-refractivity contribution in [3.05, 3.63) is 102 Å². The van der Waals surface area contributed by atoms with Crippen LogP contribution in [-0.4, -0.2) is 21.7 Å². The molecule has 4 aromatic rings. The number of rotatable bonds is 6. The second-order valence-electron chi connectivity index (χ2n) is 7.47. The minimum Gasteiger partial charge on any atom is -0.383 e. The fourth-order valence-corrected chi connectivity index (χ4v) is 3.44. The molecule has 0 saturated carbocycles. The van der Waals surface area contributed by atoms with Crippen LogP contribution in [0.5, 0.6) is 0 Å². The summed E-state index contributed by atoms with van der Waals surface area (Å²) in [5.41, 5.74) is 9.88. The molecule has 0 fully saturated rings. The Morgan fingerprint density at radius 2 is 1.39 bits per heavy atom. The predicted octanol–water partition coefficient (Wildman–Crippen LogP) is 4.72. The minimum absolute atomic E-state index is 0.297. The zero-order chi connectivity index (χ0) is 23.2. The second kappa shape index (κ2) is 9.69. The van der Waals surface area contributed by atoms with Crippen LogP contribution in [-0.2, 0) is 6.54 Å². The molecular weight excluding hydrogens is 416 g/mol. The van der Waals surface area contributed by atoms with Crippen LogP contribution < -0.4 is 21.7 Å². The number of urea groups is 1. The third-order valence-electron chi connectivity index (χ3n) is 4.98. The van der Waals surface area contributed by atoms with Crippen LogP contribution >= 0.6 is 0 Å². The molecule has 166 valence electrons. The van der Waals surface area contributed by atoms with Crippen LogP contribution in [0.15, 0.2) is 84.9 Å². The van der Waals surface area contributed by atoms with E-state index < -0.39 is 0 Å². The molecule has 0 bridgehead atoms. The Morgan fingerprint density at radius 1 is 0.818 bits per heavy atom.